The quantitative estimate of drug-likeness (QED) is 0.0261. The molecule has 1 aliphatic rings. The van der Waals surface area contributed by atoms with Crippen molar-refractivity contribution in [1.82, 2.24) is 5.32 Å². The summed E-state index contributed by atoms with van der Waals surface area (Å²) in [6.07, 6.45) is 55.8. The number of carbonyl (C=O) groups is 1. The molecule has 0 aromatic rings. The van der Waals surface area contributed by atoms with Crippen LogP contribution in [0.3, 0.4) is 0 Å². The molecule has 9 heteroatoms. The van der Waals surface area contributed by atoms with Gasteiger partial charge in [0.1, 0.15) is 24.4 Å². The minimum atomic E-state index is -1.56. The first-order chi connectivity index (χ1) is 33.8. The highest BCUT2D eigenvalue weighted by molar-refractivity contribution is 5.76. The molecule has 0 bridgehead atoms. The van der Waals surface area contributed by atoms with Gasteiger partial charge >= 0.3 is 0 Å². The number of aliphatic hydroxyl groups excluding tert-OH is 5. The largest absolute Gasteiger partial charge is 0.394 e. The highest BCUT2D eigenvalue weighted by atomic mass is 16.7. The van der Waals surface area contributed by atoms with Crippen LogP contribution in [0.25, 0.3) is 0 Å². The number of aliphatic hydroxyl groups is 5. The number of unbranched alkanes of at least 4 members (excludes halogenated alkanes) is 43. The van der Waals surface area contributed by atoms with Crippen molar-refractivity contribution in [3.8, 4) is 0 Å². The van der Waals surface area contributed by atoms with Crippen LogP contribution in [-0.4, -0.2) is 87.5 Å². The molecule has 6 N–H and O–H groups in total. The van der Waals surface area contributed by atoms with Crippen LogP contribution in [0, 0.1) is 0 Å². The molecule has 0 saturated carbocycles. The number of amides is 1. The molecule has 1 rings (SSSR count). The van der Waals surface area contributed by atoms with Gasteiger partial charge in [0.2, 0.25) is 5.91 Å². The third-order valence-corrected chi connectivity index (χ3v) is 14.9. The van der Waals surface area contributed by atoms with Crippen LogP contribution in [0.4, 0.5) is 0 Å². The van der Waals surface area contributed by atoms with Crippen LogP contribution in [0.15, 0.2) is 12.2 Å². The molecule has 0 aromatic heterocycles. The molecule has 0 aliphatic carbocycles. The lowest BCUT2D eigenvalue weighted by atomic mass is 9.99. The number of hydrogen-bond acceptors (Lipinski definition) is 8. The van der Waals surface area contributed by atoms with Gasteiger partial charge in [-0.1, -0.05) is 296 Å². The SMILES string of the molecule is CCCCCCCCCCCCCCCCCCCCCCCCCCCCC/C=C/C(O)C(COC1OC(CO)C(O)C(O)C1O)NC(=O)CCCCCCCCCCCCCCCCCCC. The molecule has 1 amide bonds. The van der Waals surface area contributed by atoms with Crippen molar-refractivity contribution in [1.29, 1.82) is 0 Å². The molecule has 69 heavy (non-hydrogen) atoms. The fourth-order valence-corrected chi connectivity index (χ4v) is 10.0. The summed E-state index contributed by atoms with van der Waals surface area (Å²) in [5.74, 6) is -0.170. The van der Waals surface area contributed by atoms with Gasteiger partial charge in [-0.15, -0.1) is 0 Å². The van der Waals surface area contributed by atoms with E-state index in [0.29, 0.717) is 6.42 Å². The normalized spacial score (nSPS) is 19.4. The van der Waals surface area contributed by atoms with Crippen LogP contribution >= 0.6 is 0 Å². The monoisotopic (exact) mass is 980 g/mol. The van der Waals surface area contributed by atoms with E-state index in [0.717, 1.165) is 38.5 Å². The lowest BCUT2D eigenvalue weighted by Crippen LogP contribution is -2.60. The maximum atomic E-state index is 13.0. The molecule has 1 heterocycles. The summed E-state index contributed by atoms with van der Waals surface area (Å²) in [7, 11) is 0. The minimum absolute atomic E-state index is 0.170. The average molecular weight is 981 g/mol. The molecule has 410 valence electrons. The highest BCUT2D eigenvalue weighted by Crippen LogP contribution is 2.23. The number of nitrogens with one attached hydrogen (secondary N) is 1. The van der Waals surface area contributed by atoms with Crippen molar-refractivity contribution in [2.24, 2.45) is 0 Å². The molecule has 1 saturated heterocycles. The van der Waals surface area contributed by atoms with Gasteiger partial charge in [-0.3, -0.25) is 4.79 Å². The van der Waals surface area contributed by atoms with Crippen molar-refractivity contribution < 1.29 is 39.8 Å². The third kappa shape index (κ3) is 40.1. The van der Waals surface area contributed by atoms with E-state index < -0.39 is 49.5 Å². The molecule has 1 aliphatic heterocycles. The Morgan fingerprint density at radius 2 is 0.797 bits per heavy atom. The molecular formula is C60H117NO8. The van der Waals surface area contributed by atoms with Crippen LogP contribution in [0.5, 0.6) is 0 Å². The Morgan fingerprint density at radius 3 is 1.13 bits per heavy atom. The summed E-state index contributed by atoms with van der Waals surface area (Å²) < 4.78 is 11.3. The van der Waals surface area contributed by atoms with Crippen molar-refractivity contribution >= 4 is 5.91 Å². The third-order valence-electron chi connectivity index (χ3n) is 14.9. The number of allylic oxidation sites excluding steroid dienone is 1. The summed E-state index contributed by atoms with van der Waals surface area (Å²) in [5, 5.41) is 54.6. The van der Waals surface area contributed by atoms with Crippen molar-refractivity contribution in [2.45, 2.75) is 352 Å². The van der Waals surface area contributed by atoms with E-state index in [-0.39, 0.29) is 12.5 Å². The first kappa shape index (κ1) is 65.9. The van der Waals surface area contributed by atoms with Gasteiger partial charge in [-0.25, -0.2) is 0 Å². The van der Waals surface area contributed by atoms with Crippen LogP contribution in [0.1, 0.15) is 309 Å². The second-order valence-corrected chi connectivity index (χ2v) is 21.5. The van der Waals surface area contributed by atoms with Crippen molar-refractivity contribution in [3.63, 3.8) is 0 Å². The first-order valence-electron chi connectivity index (χ1n) is 30.4. The van der Waals surface area contributed by atoms with E-state index in [1.807, 2.05) is 6.08 Å². The second-order valence-electron chi connectivity index (χ2n) is 21.5. The Labute approximate surface area is 426 Å². The number of rotatable bonds is 53. The summed E-state index contributed by atoms with van der Waals surface area (Å²) in [4.78, 5) is 13.0. The zero-order valence-electron chi connectivity index (χ0n) is 45.6. The van der Waals surface area contributed by atoms with E-state index in [2.05, 4.69) is 19.2 Å². The molecule has 0 radical (unpaired) electrons. The Bertz CT molecular complexity index is 1090. The topological polar surface area (TPSA) is 149 Å². The standard InChI is InChI=1S/C60H117NO8/c1-3-5-7-9-11-13-15-17-19-21-22-23-24-25-26-27-28-29-30-31-32-34-35-37-39-41-43-45-47-49-54(63)53(52-68-60-59(67)58(66)57(65)55(51-62)69-60)61-56(64)50-48-46-44-42-40-38-36-33-20-18-16-14-12-10-8-6-4-2/h47,49,53-55,57-60,62-63,65-67H,3-46,48,50-52H2,1-2H3,(H,61,64)/b49-47+. The highest BCUT2D eigenvalue weighted by Gasteiger charge is 2.44. The molecule has 7 atom stereocenters. The fraction of sp³-hybridized carbons (Fsp3) is 0.950. The van der Waals surface area contributed by atoms with Gasteiger partial charge in [0.15, 0.2) is 6.29 Å². The molecule has 9 nitrogen and oxygen atoms in total. The molecular weight excluding hydrogens is 863 g/mol. The van der Waals surface area contributed by atoms with Gasteiger partial charge in [0.25, 0.3) is 0 Å². The molecule has 7 unspecified atom stereocenters. The lowest BCUT2D eigenvalue weighted by Gasteiger charge is -2.40. The van der Waals surface area contributed by atoms with Gasteiger partial charge < -0.3 is 40.3 Å². The molecule has 1 fully saturated rings. The van der Waals surface area contributed by atoms with E-state index in [1.54, 1.807) is 6.08 Å². The summed E-state index contributed by atoms with van der Waals surface area (Å²) in [6, 6.07) is -0.800. The average Bonchev–Trinajstić information content (AvgIpc) is 3.35. The summed E-state index contributed by atoms with van der Waals surface area (Å²) in [5.41, 5.74) is 0. The van der Waals surface area contributed by atoms with E-state index in [4.69, 9.17) is 9.47 Å². The Hall–Kier alpha value is -1.07. The van der Waals surface area contributed by atoms with E-state index in [1.165, 1.54) is 250 Å². The second kappa shape index (κ2) is 50.5. The number of carbonyl (C=O) groups excluding carboxylic acids is 1. The van der Waals surface area contributed by atoms with Gasteiger partial charge in [-0.05, 0) is 19.3 Å². The number of ether oxygens (including phenoxy) is 2. The van der Waals surface area contributed by atoms with Crippen LogP contribution < -0.4 is 5.32 Å². The predicted octanol–water partition coefficient (Wildman–Crippen LogP) is 15.2. The predicted molar refractivity (Wildman–Crippen MR) is 291 cm³/mol. The smallest absolute Gasteiger partial charge is 0.220 e. The summed E-state index contributed by atoms with van der Waals surface area (Å²) in [6.45, 7) is 3.82. The molecule has 0 spiro atoms. The van der Waals surface area contributed by atoms with Crippen LogP contribution in [0.2, 0.25) is 0 Å². The van der Waals surface area contributed by atoms with Crippen LogP contribution in [-0.2, 0) is 14.3 Å². The maximum absolute atomic E-state index is 13.0. The lowest BCUT2D eigenvalue weighted by molar-refractivity contribution is -0.302. The minimum Gasteiger partial charge on any atom is -0.394 e. The van der Waals surface area contributed by atoms with Gasteiger partial charge in [0.05, 0.1) is 25.4 Å². The van der Waals surface area contributed by atoms with Gasteiger partial charge in [0, 0.05) is 6.42 Å². The Balaban J connectivity index is 2.16. The summed E-state index contributed by atoms with van der Waals surface area (Å²) >= 11 is 0. The van der Waals surface area contributed by atoms with Crippen molar-refractivity contribution in [2.75, 3.05) is 13.2 Å². The zero-order chi connectivity index (χ0) is 50.1. The maximum Gasteiger partial charge on any atom is 0.220 e. The van der Waals surface area contributed by atoms with Gasteiger partial charge in [-0.2, -0.15) is 0 Å². The fourth-order valence-electron chi connectivity index (χ4n) is 10.0. The van der Waals surface area contributed by atoms with Crippen molar-refractivity contribution in [3.05, 3.63) is 12.2 Å². The molecule has 0 aromatic carbocycles. The Kier molecular flexibility index (Phi) is 48.2. The van der Waals surface area contributed by atoms with E-state index in [9.17, 15) is 30.3 Å². The zero-order valence-corrected chi connectivity index (χ0v) is 45.6. The first-order valence-corrected chi connectivity index (χ1v) is 30.4. The van der Waals surface area contributed by atoms with E-state index >= 15 is 0 Å². The number of hydrogen-bond donors (Lipinski definition) is 6. The Morgan fingerprint density at radius 1 is 0.478 bits per heavy atom.